The number of methoxy groups -OCH3 is 2. The molecule has 7 nitrogen and oxygen atoms in total. The molecule has 0 atom stereocenters. The van der Waals surface area contributed by atoms with Gasteiger partial charge >= 0.3 is 0 Å². The summed E-state index contributed by atoms with van der Waals surface area (Å²) in [7, 11) is 2.98. The minimum Gasteiger partial charge on any atom is -0.496 e. The van der Waals surface area contributed by atoms with Gasteiger partial charge in [-0.3, -0.25) is 9.59 Å². The first-order valence-corrected chi connectivity index (χ1v) is 8.83. The number of carbonyl (C=O) groups excluding carboxylic acids is 2. The van der Waals surface area contributed by atoms with Crippen LogP contribution in [0.15, 0.2) is 42.5 Å². The zero-order valence-corrected chi connectivity index (χ0v) is 16.5. The summed E-state index contributed by atoms with van der Waals surface area (Å²) in [6.45, 7) is 3.35. The number of carbonyl (C=O) groups is 2. The van der Waals surface area contributed by atoms with Crippen LogP contribution < -0.4 is 20.1 Å². The molecule has 0 saturated heterocycles. The molecule has 0 heterocycles. The number of amides is 2. The predicted molar refractivity (Wildman–Crippen MR) is 107 cm³/mol. The Morgan fingerprint density at radius 1 is 1.00 bits per heavy atom. The standard InChI is InChI=1S/C21H26N2O5/c1-21(2,13-24)23-18(25)12-14-8-10-15(11-9-14)22-20(26)19-16(27-3)6-5-7-17(19)28-4/h5-11,24H,12-13H2,1-4H3,(H,22,26)(H,23,25). The van der Waals surface area contributed by atoms with E-state index in [2.05, 4.69) is 10.6 Å². The van der Waals surface area contributed by atoms with E-state index >= 15 is 0 Å². The Bertz CT molecular complexity index is 809. The largest absolute Gasteiger partial charge is 0.496 e. The number of nitrogens with one attached hydrogen (secondary N) is 2. The molecule has 0 bridgehead atoms. The number of aliphatic hydroxyl groups excluding tert-OH is 1. The molecule has 0 fully saturated rings. The van der Waals surface area contributed by atoms with Crippen LogP contribution in [0.1, 0.15) is 29.8 Å². The number of ether oxygens (including phenoxy) is 2. The van der Waals surface area contributed by atoms with E-state index in [4.69, 9.17) is 9.47 Å². The fraction of sp³-hybridized carbons (Fsp3) is 0.333. The van der Waals surface area contributed by atoms with E-state index in [1.54, 1.807) is 56.3 Å². The van der Waals surface area contributed by atoms with Gasteiger partial charge in [-0.2, -0.15) is 0 Å². The molecule has 0 aliphatic rings. The van der Waals surface area contributed by atoms with Crippen molar-refractivity contribution in [1.29, 1.82) is 0 Å². The van der Waals surface area contributed by atoms with E-state index in [0.717, 1.165) is 5.56 Å². The van der Waals surface area contributed by atoms with Crippen molar-refractivity contribution in [3.63, 3.8) is 0 Å². The maximum absolute atomic E-state index is 12.7. The van der Waals surface area contributed by atoms with E-state index < -0.39 is 5.54 Å². The normalized spacial score (nSPS) is 10.9. The van der Waals surface area contributed by atoms with Gasteiger partial charge in [0.2, 0.25) is 5.91 Å². The van der Waals surface area contributed by atoms with Crippen LogP contribution in [0.3, 0.4) is 0 Å². The van der Waals surface area contributed by atoms with Crippen molar-refractivity contribution in [2.75, 3.05) is 26.1 Å². The monoisotopic (exact) mass is 386 g/mol. The Balaban J connectivity index is 2.07. The highest BCUT2D eigenvalue weighted by molar-refractivity contribution is 6.08. The molecule has 0 aromatic heterocycles. The SMILES string of the molecule is COc1cccc(OC)c1C(=O)Nc1ccc(CC(=O)NC(C)(C)CO)cc1. The molecule has 28 heavy (non-hydrogen) atoms. The second-order valence-corrected chi connectivity index (χ2v) is 6.96. The number of hydrogen-bond donors (Lipinski definition) is 3. The van der Waals surface area contributed by atoms with E-state index in [0.29, 0.717) is 22.7 Å². The molecule has 2 amide bonds. The average molecular weight is 386 g/mol. The first-order valence-electron chi connectivity index (χ1n) is 8.83. The lowest BCUT2D eigenvalue weighted by Crippen LogP contribution is -2.46. The molecule has 2 aromatic carbocycles. The average Bonchev–Trinajstić information content (AvgIpc) is 2.68. The van der Waals surface area contributed by atoms with Crippen molar-refractivity contribution >= 4 is 17.5 Å². The van der Waals surface area contributed by atoms with E-state index in [1.165, 1.54) is 14.2 Å². The lowest BCUT2D eigenvalue weighted by atomic mass is 10.1. The summed E-state index contributed by atoms with van der Waals surface area (Å²) >= 11 is 0. The summed E-state index contributed by atoms with van der Waals surface area (Å²) in [4.78, 5) is 24.7. The Morgan fingerprint density at radius 2 is 1.57 bits per heavy atom. The van der Waals surface area contributed by atoms with Gasteiger partial charge in [0.15, 0.2) is 0 Å². The highest BCUT2D eigenvalue weighted by atomic mass is 16.5. The molecule has 7 heteroatoms. The molecule has 2 aromatic rings. The molecule has 0 radical (unpaired) electrons. The number of aliphatic hydroxyl groups is 1. The van der Waals surface area contributed by atoms with Crippen LogP contribution in [0.2, 0.25) is 0 Å². The molecular weight excluding hydrogens is 360 g/mol. The van der Waals surface area contributed by atoms with Crippen molar-refractivity contribution < 1.29 is 24.2 Å². The molecule has 0 unspecified atom stereocenters. The van der Waals surface area contributed by atoms with Gasteiger partial charge in [0.05, 0.1) is 32.8 Å². The van der Waals surface area contributed by atoms with Crippen molar-refractivity contribution in [3.05, 3.63) is 53.6 Å². The molecule has 0 saturated carbocycles. The first-order chi connectivity index (χ1) is 13.3. The highest BCUT2D eigenvalue weighted by Gasteiger charge is 2.20. The van der Waals surface area contributed by atoms with Gasteiger partial charge < -0.3 is 25.2 Å². The number of rotatable bonds is 8. The number of hydrogen-bond acceptors (Lipinski definition) is 5. The quantitative estimate of drug-likeness (QED) is 0.647. The molecule has 3 N–H and O–H groups in total. The molecule has 0 aliphatic heterocycles. The van der Waals surface area contributed by atoms with E-state index in [9.17, 15) is 14.7 Å². The summed E-state index contributed by atoms with van der Waals surface area (Å²) in [6, 6.07) is 12.1. The number of benzene rings is 2. The van der Waals surface area contributed by atoms with Gasteiger partial charge in [0.1, 0.15) is 17.1 Å². The Labute approximate surface area is 164 Å². The minimum atomic E-state index is -0.668. The summed E-state index contributed by atoms with van der Waals surface area (Å²) in [5.74, 6) is 0.285. The zero-order chi connectivity index (χ0) is 20.7. The van der Waals surface area contributed by atoms with Crippen molar-refractivity contribution in [3.8, 4) is 11.5 Å². The smallest absolute Gasteiger partial charge is 0.263 e. The van der Waals surface area contributed by atoms with Crippen LogP contribution in [0.25, 0.3) is 0 Å². The van der Waals surface area contributed by atoms with Crippen LogP contribution in [0, 0.1) is 0 Å². The molecule has 2 rings (SSSR count). The molecular formula is C21H26N2O5. The predicted octanol–water partition coefficient (Wildman–Crippen LogP) is 2.39. The topological polar surface area (TPSA) is 96.9 Å². The lowest BCUT2D eigenvalue weighted by molar-refractivity contribution is -0.122. The van der Waals surface area contributed by atoms with Crippen LogP contribution in [0.4, 0.5) is 5.69 Å². The fourth-order valence-electron chi connectivity index (χ4n) is 2.62. The van der Waals surface area contributed by atoms with Crippen LogP contribution in [-0.2, 0) is 11.2 Å². The maximum Gasteiger partial charge on any atom is 0.263 e. The maximum atomic E-state index is 12.7. The van der Waals surface area contributed by atoms with Crippen LogP contribution in [-0.4, -0.2) is 43.3 Å². The summed E-state index contributed by atoms with van der Waals surface area (Å²) in [5.41, 5.74) is 1.01. The summed E-state index contributed by atoms with van der Waals surface area (Å²) in [5, 5.41) is 14.8. The fourth-order valence-corrected chi connectivity index (χ4v) is 2.62. The summed E-state index contributed by atoms with van der Waals surface area (Å²) < 4.78 is 10.5. The van der Waals surface area contributed by atoms with Crippen LogP contribution in [0.5, 0.6) is 11.5 Å². The van der Waals surface area contributed by atoms with Gasteiger partial charge in [0, 0.05) is 5.69 Å². The second-order valence-electron chi connectivity index (χ2n) is 6.96. The van der Waals surface area contributed by atoms with Gasteiger partial charge in [-0.25, -0.2) is 0 Å². The first kappa shape index (κ1) is 21.2. The number of anilines is 1. The third-order valence-electron chi connectivity index (χ3n) is 4.10. The van der Waals surface area contributed by atoms with Gasteiger partial charge in [-0.05, 0) is 43.7 Å². The lowest BCUT2D eigenvalue weighted by Gasteiger charge is -2.23. The molecule has 0 aliphatic carbocycles. The second kappa shape index (κ2) is 9.23. The minimum absolute atomic E-state index is 0.143. The van der Waals surface area contributed by atoms with Gasteiger partial charge in [0.25, 0.3) is 5.91 Å². The van der Waals surface area contributed by atoms with Crippen molar-refractivity contribution in [2.45, 2.75) is 25.8 Å². The van der Waals surface area contributed by atoms with Gasteiger partial charge in [-0.1, -0.05) is 18.2 Å². The third kappa shape index (κ3) is 5.47. The van der Waals surface area contributed by atoms with Crippen molar-refractivity contribution in [1.82, 2.24) is 5.32 Å². The zero-order valence-electron chi connectivity index (χ0n) is 16.5. The molecule has 0 spiro atoms. The Kier molecular flexibility index (Phi) is 7.00. The Morgan fingerprint density at radius 3 is 2.07 bits per heavy atom. The van der Waals surface area contributed by atoms with Gasteiger partial charge in [-0.15, -0.1) is 0 Å². The highest BCUT2D eigenvalue weighted by Crippen LogP contribution is 2.29. The third-order valence-corrected chi connectivity index (χ3v) is 4.10. The van der Waals surface area contributed by atoms with E-state index in [1.807, 2.05) is 0 Å². The van der Waals surface area contributed by atoms with E-state index in [-0.39, 0.29) is 24.8 Å². The molecule has 150 valence electrons. The van der Waals surface area contributed by atoms with Crippen LogP contribution >= 0.6 is 0 Å². The summed E-state index contributed by atoms with van der Waals surface area (Å²) in [6.07, 6.45) is 0.179. The van der Waals surface area contributed by atoms with Crippen molar-refractivity contribution in [2.24, 2.45) is 0 Å². The Hall–Kier alpha value is -3.06.